The quantitative estimate of drug-likeness (QED) is 0.594. The van der Waals surface area contributed by atoms with Gasteiger partial charge in [0, 0.05) is 26.2 Å². The Morgan fingerprint density at radius 2 is 1.03 bits per heavy atom. The SMILES string of the molecule is CC(C)c1ccc(OCC(=O)N2CCCN(C(=O)COc3ccc(C(C)C)cc3)CC2)cc1. The zero-order valence-corrected chi connectivity index (χ0v) is 20.3. The molecular weight excluding hydrogens is 416 g/mol. The van der Waals surface area contributed by atoms with E-state index in [2.05, 4.69) is 27.7 Å². The third-order valence-electron chi connectivity index (χ3n) is 6.02. The Balaban J connectivity index is 1.43. The Hall–Kier alpha value is -3.02. The standard InChI is InChI=1S/C27H36N2O4/c1-20(2)22-6-10-24(11-7-22)32-18-26(30)28-14-5-15-29(17-16-28)27(31)19-33-25-12-8-23(9-13-25)21(3)4/h6-13,20-21H,5,14-19H2,1-4H3. The molecule has 6 nitrogen and oxygen atoms in total. The van der Waals surface area contributed by atoms with Crippen LogP contribution in [-0.2, 0) is 9.59 Å². The summed E-state index contributed by atoms with van der Waals surface area (Å²) in [6.45, 7) is 10.8. The van der Waals surface area contributed by atoms with Gasteiger partial charge < -0.3 is 19.3 Å². The average molecular weight is 453 g/mol. The van der Waals surface area contributed by atoms with Gasteiger partial charge in [0.25, 0.3) is 11.8 Å². The van der Waals surface area contributed by atoms with Crippen LogP contribution in [0.3, 0.4) is 0 Å². The van der Waals surface area contributed by atoms with Crippen molar-refractivity contribution in [2.24, 2.45) is 0 Å². The van der Waals surface area contributed by atoms with E-state index in [0.29, 0.717) is 49.5 Å². The number of carbonyl (C=O) groups is 2. The molecule has 0 unspecified atom stereocenters. The van der Waals surface area contributed by atoms with E-state index < -0.39 is 0 Å². The van der Waals surface area contributed by atoms with Gasteiger partial charge in [0.1, 0.15) is 11.5 Å². The van der Waals surface area contributed by atoms with Gasteiger partial charge >= 0.3 is 0 Å². The highest BCUT2D eigenvalue weighted by Crippen LogP contribution is 2.20. The molecule has 0 aromatic heterocycles. The third-order valence-corrected chi connectivity index (χ3v) is 6.02. The van der Waals surface area contributed by atoms with Crippen molar-refractivity contribution in [2.45, 2.75) is 46.0 Å². The number of hydrogen-bond donors (Lipinski definition) is 0. The van der Waals surface area contributed by atoms with Crippen molar-refractivity contribution in [3.8, 4) is 11.5 Å². The first kappa shape index (κ1) is 24.6. The number of ether oxygens (including phenoxy) is 2. The van der Waals surface area contributed by atoms with Crippen molar-refractivity contribution >= 4 is 11.8 Å². The van der Waals surface area contributed by atoms with Crippen LogP contribution >= 0.6 is 0 Å². The van der Waals surface area contributed by atoms with Crippen molar-refractivity contribution in [1.29, 1.82) is 0 Å². The molecule has 2 aromatic rings. The summed E-state index contributed by atoms with van der Waals surface area (Å²) >= 11 is 0. The molecule has 1 aliphatic heterocycles. The van der Waals surface area contributed by atoms with Crippen molar-refractivity contribution in [1.82, 2.24) is 9.80 Å². The summed E-state index contributed by atoms with van der Waals surface area (Å²) in [6.07, 6.45) is 0.740. The number of hydrogen-bond acceptors (Lipinski definition) is 4. The van der Waals surface area contributed by atoms with Gasteiger partial charge in [-0.1, -0.05) is 52.0 Å². The van der Waals surface area contributed by atoms with Gasteiger partial charge in [-0.05, 0) is 53.6 Å². The van der Waals surface area contributed by atoms with Gasteiger partial charge in [-0.2, -0.15) is 0 Å². The Morgan fingerprint density at radius 1 is 0.667 bits per heavy atom. The fourth-order valence-electron chi connectivity index (χ4n) is 3.79. The van der Waals surface area contributed by atoms with Gasteiger partial charge in [-0.3, -0.25) is 9.59 Å². The minimum atomic E-state index is -0.0567. The minimum Gasteiger partial charge on any atom is -0.484 e. The molecule has 1 saturated heterocycles. The summed E-state index contributed by atoms with van der Waals surface area (Å²) < 4.78 is 11.4. The molecule has 0 atom stereocenters. The summed E-state index contributed by atoms with van der Waals surface area (Å²) in [7, 11) is 0. The van der Waals surface area contributed by atoms with E-state index in [4.69, 9.17) is 9.47 Å². The molecule has 3 rings (SSSR count). The van der Waals surface area contributed by atoms with E-state index in [1.807, 2.05) is 48.5 Å². The molecule has 0 spiro atoms. The smallest absolute Gasteiger partial charge is 0.260 e. The van der Waals surface area contributed by atoms with Crippen LogP contribution in [0.25, 0.3) is 0 Å². The molecule has 0 saturated carbocycles. The van der Waals surface area contributed by atoms with E-state index in [0.717, 1.165) is 6.42 Å². The second kappa shape index (κ2) is 11.7. The van der Waals surface area contributed by atoms with Crippen LogP contribution in [0, 0.1) is 0 Å². The monoisotopic (exact) mass is 452 g/mol. The Labute approximate surface area is 197 Å². The van der Waals surface area contributed by atoms with Gasteiger partial charge in [0.2, 0.25) is 0 Å². The first-order chi connectivity index (χ1) is 15.8. The molecule has 6 heteroatoms. The van der Waals surface area contributed by atoms with Crippen molar-refractivity contribution in [3.63, 3.8) is 0 Å². The van der Waals surface area contributed by atoms with Crippen molar-refractivity contribution in [2.75, 3.05) is 39.4 Å². The molecular formula is C27H36N2O4. The van der Waals surface area contributed by atoms with E-state index >= 15 is 0 Å². The van der Waals surface area contributed by atoms with E-state index in [-0.39, 0.29) is 25.0 Å². The van der Waals surface area contributed by atoms with E-state index in [1.54, 1.807) is 9.80 Å². The van der Waals surface area contributed by atoms with Crippen LogP contribution in [-0.4, -0.2) is 61.0 Å². The molecule has 178 valence electrons. The lowest BCUT2D eigenvalue weighted by Gasteiger charge is -2.22. The molecule has 33 heavy (non-hydrogen) atoms. The Morgan fingerprint density at radius 3 is 1.36 bits per heavy atom. The molecule has 1 aliphatic rings. The fraction of sp³-hybridized carbons (Fsp3) is 0.481. The maximum Gasteiger partial charge on any atom is 0.260 e. The first-order valence-electron chi connectivity index (χ1n) is 11.8. The summed E-state index contributed by atoms with van der Waals surface area (Å²) in [5, 5.41) is 0. The Kier molecular flexibility index (Phi) is 8.75. The molecule has 0 aliphatic carbocycles. The van der Waals surface area contributed by atoms with Crippen LogP contribution in [0.1, 0.15) is 57.1 Å². The third kappa shape index (κ3) is 7.24. The van der Waals surface area contributed by atoms with Crippen LogP contribution in [0.2, 0.25) is 0 Å². The second-order valence-corrected chi connectivity index (χ2v) is 9.14. The predicted octanol–water partition coefficient (Wildman–Crippen LogP) is 4.45. The lowest BCUT2D eigenvalue weighted by molar-refractivity contribution is -0.135. The predicted molar refractivity (Wildman–Crippen MR) is 130 cm³/mol. The van der Waals surface area contributed by atoms with Crippen LogP contribution in [0.4, 0.5) is 0 Å². The van der Waals surface area contributed by atoms with Gasteiger partial charge in [0.15, 0.2) is 13.2 Å². The lowest BCUT2D eigenvalue weighted by Crippen LogP contribution is -2.40. The Bertz CT molecular complexity index is 831. The zero-order chi connectivity index (χ0) is 23.8. The second-order valence-electron chi connectivity index (χ2n) is 9.14. The summed E-state index contributed by atoms with van der Waals surface area (Å²) in [6, 6.07) is 15.7. The molecule has 1 heterocycles. The number of benzene rings is 2. The van der Waals surface area contributed by atoms with Crippen LogP contribution in [0.15, 0.2) is 48.5 Å². The van der Waals surface area contributed by atoms with Crippen LogP contribution in [0.5, 0.6) is 11.5 Å². The minimum absolute atomic E-state index is 0.00442. The molecule has 2 amide bonds. The van der Waals surface area contributed by atoms with Crippen molar-refractivity contribution < 1.29 is 19.1 Å². The highest BCUT2D eigenvalue weighted by atomic mass is 16.5. The van der Waals surface area contributed by atoms with E-state index in [1.165, 1.54) is 11.1 Å². The number of carbonyl (C=O) groups excluding carboxylic acids is 2. The van der Waals surface area contributed by atoms with Gasteiger partial charge in [0.05, 0.1) is 0 Å². The van der Waals surface area contributed by atoms with Crippen LogP contribution < -0.4 is 9.47 Å². The molecule has 0 N–H and O–H groups in total. The van der Waals surface area contributed by atoms with Gasteiger partial charge in [-0.15, -0.1) is 0 Å². The molecule has 0 radical (unpaired) electrons. The fourth-order valence-corrected chi connectivity index (χ4v) is 3.79. The number of rotatable bonds is 8. The lowest BCUT2D eigenvalue weighted by atomic mass is 10.0. The highest BCUT2D eigenvalue weighted by Gasteiger charge is 2.22. The molecule has 2 aromatic carbocycles. The van der Waals surface area contributed by atoms with E-state index in [9.17, 15) is 9.59 Å². The highest BCUT2D eigenvalue weighted by molar-refractivity contribution is 5.79. The average Bonchev–Trinajstić information content (AvgIpc) is 3.08. The number of amides is 2. The normalized spacial score (nSPS) is 14.4. The maximum absolute atomic E-state index is 12.6. The van der Waals surface area contributed by atoms with Gasteiger partial charge in [-0.25, -0.2) is 0 Å². The molecule has 0 bridgehead atoms. The summed E-state index contributed by atoms with van der Waals surface area (Å²) in [5.41, 5.74) is 2.48. The first-order valence-corrected chi connectivity index (χ1v) is 11.8. The topological polar surface area (TPSA) is 59.1 Å². The van der Waals surface area contributed by atoms with Crippen molar-refractivity contribution in [3.05, 3.63) is 59.7 Å². The summed E-state index contributed by atoms with van der Waals surface area (Å²) in [4.78, 5) is 28.8. The maximum atomic E-state index is 12.6. The number of nitrogens with zero attached hydrogens (tertiary/aromatic N) is 2. The molecule has 1 fully saturated rings. The zero-order valence-electron chi connectivity index (χ0n) is 20.3. The summed E-state index contributed by atoms with van der Waals surface area (Å²) in [5.74, 6) is 2.19. The largest absolute Gasteiger partial charge is 0.484 e.